The highest BCUT2D eigenvalue weighted by atomic mass is 16.5. The van der Waals surface area contributed by atoms with Crippen molar-refractivity contribution in [2.24, 2.45) is 5.41 Å². The van der Waals surface area contributed by atoms with Crippen LogP contribution >= 0.6 is 0 Å². The number of aromatic nitrogens is 1. The van der Waals surface area contributed by atoms with Gasteiger partial charge in [0.05, 0.1) is 19.2 Å². The Hall–Kier alpha value is -2.43. The van der Waals surface area contributed by atoms with Gasteiger partial charge in [-0.05, 0) is 55.1 Å². The quantitative estimate of drug-likeness (QED) is 0.705. The Morgan fingerprint density at radius 1 is 1.14 bits per heavy atom. The molecule has 1 fully saturated rings. The minimum absolute atomic E-state index is 0.109. The van der Waals surface area contributed by atoms with E-state index < -0.39 is 0 Å². The first-order valence-electron chi connectivity index (χ1n) is 10.0. The number of fused-ring (bicyclic) bond motifs is 1. The van der Waals surface area contributed by atoms with Crippen molar-refractivity contribution in [3.63, 3.8) is 0 Å². The fourth-order valence-electron chi connectivity index (χ4n) is 4.53. The third kappa shape index (κ3) is 4.03. The summed E-state index contributed by atoms with van der Waals surface area (Å²) in [5.41, 5.74) is 3.45. The van der Waals surface area contributed by atoms with Crippen LogP contribution < -0.4 is 4.74 Å². The van der Waals surface area contributed by atoms with Gasteiger partial charge in [0.25, 0.3) is 0 Å². The SMILES string of the molecule is COc1cccc(C[C@@]2(CO)CCCN(Cc3cccc4cccnc34)C2)c1. The second-order valence-corrected chi connectivity index (χ2v) is 7.99. The Morgan fingerprint density at radius 3 is 2.86 bits per heavy atom. The van der Waals surface area contributed by atoms with E-state index in [-0.39, 0.29) is 12.0 Å². The highest BCUT2D eigenvalue weighted by Gasteiger charge is 2.35. The highest BCUT2D eigenvalue weighted by Crippen LogP contribution is 2.35. The number of likely N-dealkylation sites (tertiary alicyclic amines) is 1. The second kappa shape index (κ2) is 8.29. The molecule has 1 saturated heterocycles. The van der Waals surface area contributed by atoms with Crippen LogP contribution in [0.1, 0.15) is 24.0 Å². The molecule has 2 heterocycles. The number of piperidine rings is 1. The molecule has 0 spiro atoms. The van der Waals surface area contributed by atoms with Crippen molar-refractivity contribution >= 4 is 10.9 Å². The molecule has 1 aliphatic rings. The van der Waals surface area contributed by atoms with Gasteiger partial charge < -0.3 is 9.84 Å². The fourth-order valence-corrected chi connectivity index (χ4v) is 4.53. The van der Waals surface area contributed by atoms with Crippen LogP contribution in [-0.2, 0) is 13.0 Å². The molecule has 146 valence electrons. The van der Waals surface area contributed by atoms with E-state index in [1.54, 1.807) is 7.11 Å². The average molecular weight is 377 g/mol. The van der Waals surface area contributed by atoms with Gasteiger partial charge in [-0.2, -0.15) is 0 Å². The largest absolute Gasteiger partial charge is 0.497 e. The summed E-state index contributed by atoms with van der Waals surface area (Å²) in [4.78, 5) is 7.08. The predicted molar refractivity (Wildman–Crippen MR) is 112 cm³/mol. The Bertz CT molecular complexity index is 937. The Kier molecular flexibility index (Phi) is 5.60. The van der Waals surface area contributed by atoms with Crippen LogP contribution in [0.5, 0.6) is 5.75 Å². The van der Waals surface area contributed by atoms with Crippen molar-refractivity contribution in [1.29, 1.82) is 0 Å². The van der Waals surface area contributed by atoms with Gasteiger partial charge in [-0.3, -0.25) is 9.88 Å². The predicted octanol–water partition coefficient (Wildman–Crippen LogP) is 4.06. The van der Waals surface area contributed by atoms with Crippen LogP contribution in [-0.4, -0.2) is 41.8 Å². The van der Waals surface area contributed by atoms with E-state index in [1.165, 1.54) is 16.5 Å². The van der Waals surface area contributed by atoms with Crippen LogP contribution in [0.15, 0.2) is 60.8 Å². The highest BCUT2D eigenvalue weighted by molar-refractivity contribution is 5.81. The summed E-state index contributed by atoms with van der Waals surface area (Å²) >= 11 is 0. The first kappa shape index (κ1) is 18.9. The van der Waals surface area contributed by atoms with Gasteiger partial charge in [0.15, 0.2) is 0 Å². The first-order chi connectivity index (χ1) is 13.7. The molecule has 0 aliphatic carbocycles. The topological polar surface area (TPSA) is 45.6 Å². The van der Waals surface area contributed by atoms with Gasteiger partial charge in [-0.15, -0.1) is 0 Å². The number of para-hydroxylation sites is 1. The van der Waals surface area contributed by atoms with E-state index in [9.17, 15) is 5.11 Å². The number of hydrogen-bond donors (Lipinski definition) is 1. The van der Waals surface area contributed by atoms with E-state index in [1.807, 2.05) is 24.4 Å². The van der Waals surface area contributed by atoms with Crippen molar-refractivity contribution in [3.05, 3.63) is 71.9 Å². The van der Waals surface area contributed by atoms with Crippen LogP contribution in [0.4, 0.5) is 0 Å². The number of pyridine rings is 1. The maximum absolute atomic E-state index is 10.3. The lowest BCUT2D eigenvalue weighted by molar-refractivity contribution is 0.0290. The summed E-state index contributed by atoms with van der Waals surface area (Å²) in [6.45, 7) is 3.02. The van der Waals surface area contributed by atoms with Gasteiger partial charge in [0.1, 0.15) is 5.75 Å². The molecule has 1 N–H and O–H groups in total. The monoisotopic (exact) mass is 376 g/mol. The van der Waals surface area contributed by atoms with Gasteiger partial charge in [-0.25, -0.2) is 0 Å². The van der Waals surface area contributed by atoms with E-state index >= 15 is 0 Å². The van der Waals surface area contributed by atoms with Crippen LogP contribution in [0.2, 0.25) is 0 Å². The van der Waals surface area contributed by atoms with E-state index in [0.717, 1.165) is 50.2 Å². The Balaban J connectivity index is 1.53. The van der Waals surface area contributed by atoms with Gasteiger partial charge in [-0.1, -0.05) is 36.4 Å². The second-order valence-electron chi connectivity index (χ2n) is 7.99. The molecular weight excluding hydrogens is 348 g/mol. The van der Waals surface area contributed by atoms with Crippen molar-refractivity contribution in [1.82, 2.24) is 9.88 Å². The summed E-state index contributed by atoms with van der Waals surface area (Å²) in [5.74, 6) is 0.875. The number of benzene rings is 2. The van der Waals surface area contributed by atoms with Crippen molar-refractivity contribution in [3.8, 4) is 5.75 Å². The molecule has 3 aromatic rings. The smallest absolute Gasteiger partial charge is 0.119 e. The zero-order valence-corrected chi connectivity index (χ0v) is 16.5. The average Bonchev–Trinajstić information content (AvgIpc) is 2.74. The fraction of sp³-hybridized carbons (Fsp3) is 0.375. The molecule has 4 nitrogen and oxygen atoms in total. The van der Waals surface area contributed by atoms with E-state index in [0.29, 0.717) is 0 Å². The number of ether oxygens (including phenoxy) is 1. The number of aliphatic hydroxyl groups excluding tert-OH is 1. The number of rotatable bonds is 6. The molecule has 0 saturated carbocycles. The van der Waals surface area contributed by atoms with Crippen molar-refractivity contribution in [2.75, 3.05) is 26.8 Å². The maximum Gasteiger partial charge on any atom is 0.119 e. The minimum Gasteiger partial charge on any atom is -0.497 e. The Labute approximate surface area is 166 Å². The standard InChI is InChI=1S/C24H28N2O2/c1-28-22-10-2-6-19(14-22)15-24(18-27)11-5-13-26(17-24)16-21-8-3-7-20-9-4-12-25-23(20)21/h2-4,6-10,12,14,27H,5,11,13,15-18H2,1H3/t24-/m0/s1. The van der Waals surface area contributed by atoms with E-state index in [2.05, 4.69) is 46.3 Å². The Morgan fingerprint density at radius 2 is 2.00 bits per heavy atom. The molecule has 0 bridgehead atoms. The van der Waals surface area contributed by atoms with Gasteiger partial charge in [0, 0.05) is 30.1 Å². The molecule has 1 aromatic heterocycles. The minimum atomic E-state index is -0.109. The molecule has 0 radical (unpaired) electrons. The lowest BCUT2D eigenvalue weighted by Gasteiger charge is -2.42. The van der Waals surface area contributed by atoms with E-state index in [4.69, 9.17) is 4.74 Å². The normalized spacial score (nSPS) is 20.4. The van der Waals surface area contributed by atoms with Crippen molar-refractivity contribution < 1.29 is 9.84 Å². The summed E-state index contributed by atoms with van der Waals surface area (Å²) in [7, 11) is 1.70. The molecule has 4 heteroatoms. The zero-order valence-electron chi connectivity index (χ0n) is 16.5. The number of hydrogen-bond acceptors (Lipinski definition) is 4. The van der Waals surface area contributed by atoms with Gasteiger partial charge >= 0.3 is 0 Å². The third-order valence-corrected chi connectivity index (χ3v) is 5.90. The number of aliphatic hydroxyl groups is 1. The molecule has 1 atom stereocenters. The first-order valence-corrected chi connectivity index (χ1v) is 10.0. The lowest BCUT2D eigenvalue weighted by Crippen LogP contribution is -2.46. The molecule has 4 rings (SSSR count). The maximum atomic E-state index is 10.3. The molecule has 0 unspecified atom stereocenters. The molecule has 2 aromatic carbocycles. The van der Waals surface area contributed by atoms with Crippen LogP contribution in [0.25, 0.3) is 10.9 Å². The summed E-state index contributed by atoms with van der Waals surface area (Å²) in [6.07, 6.45) is 4.88. The number of methoxy groups -OCH3 is 1. The lowest BCUT2D eigenvalue weighted by atomic mass is 9.75. The van der Waals surface area contributed by atoms with Gasteiger partial charge in [0.2, 0.25) is 0 Å². The molecule has 0 amide bonds. The summed E-state index contributed by atoms with van der Waals surface area (Å²) in [5, 5.41) is 11.5. The molecule has 28 heavy (non-hydrogen) atoms. The van der Waals surface area contributed by atoms with Crippen LogP contribution in [0.3, 0.4) is 0 Å². The zero-order chi connectivity index (χ0) is 19.4. The molecular formula is C24H28N2O2. The third-order valence-electron chi connectivity index (χ3n) is 5.90. The van der Waals surface area contributed by atoms with Crippen molar-refractivity contribution in [2.45, 2.75) is 25.8 Å². The molecule has 1 aliphatic heterocycles. The number of nitrogens with zero attached hydrogens (tertiary/aromatic N) is 2. The summed E-state index contributed by atoms with van der Waals surface area (Å²) < 4.78 is 5.37. The summed E-state index contributed by atoms with van der Waals surface area (Å²) in [6, 6.07) is 18.7. The van der Waals surface area contributed by atoms with Crippen LogP contribution in [0, 0.1) is 5.41 Å².